The van der Waals surface area contributed by atoms with Crippen LogP contribution in [0.3, 0.4) is 0 Å². The van der Waals surface area contributed by atoms with Crippen LogP contribution in [0, 0.1) is 13.8 Å². The Morgan fingerprint density at radius 2 is 1.04 bits per heavy atom. The monoisotopic (exact) mass is 408 g/mol. The van der Waals surface area contributed by atoms with Gasteiger partial charge in [0.05, 0.1) is 0 Å². The van der Waals surface area contributed by atoms with E-state index in [0.717, 1.165) is 0 Å². The van der Waals surface area contributed by atoms with Crippen LogP contribution < -0.4 is 25.4 Å². The predicted molar refractivity (Wildman–Crippen MR) is 128 cm³/mol. The van der Waals surface area contributed by atoms with Gasteiger partial charge in [0.1, 0.15) is 0 Å². The third-order valence-electron chi connectivity index (χ3n) is 5.14. The standard InChI is InChI=1S/C24H29ClN2Si/c1-18-13-19(2)15-24(14-18)28(25,22-11-7-9-20(16-22)26(3)4)23-12-8-10-21(17-23)27(5)6/h7-17H,1-6H3. The molecule has 28 heavy (non-hydrogen) atoms. The summed E-state index contributed by atoms with van der Waals surface area (Å²) < 4.78 is 0. The van der Waals surface area contributed by atoms with Gasteiger partial charge in [-0.2, -0.15) is 0 Å². The second-order valence-corrected chi connectivity index (χ2v) is 12.7. The zero-order chi connectivity index (χ0) is 20.5. The number of rotatable bonds is 5. The van der Waals surface area contributed by atoms with Crippen LogP contribution in [0.4, 0.5) is 11.4 Å². The van der Waals surface area contributed by atoms with E-state index in [9.17, 15) is 0 Å². The maximum absolute atomic E-state index is 7.71. The summed E-state index contributed by atoms with van der Waals surface area (Å²) in [5.74, 6) is 0. The Hall–Kier alpha value is -2.23. The van der Waals surface area contributed by atoms with Gasteiger partial charge in [-0.1, -0.05) is 53.6 Å². The molecule has 0 aliphatic rings. The summed E-state index contributed by atoms with van der Waals surface area (Å²) in [6, 6.07) is 24.1. The van der Waals surface area contributed by atoms with Gasteiger partial charge in [0.15, 0.2) is 0 Å². The molecule has 0 amide bonds. The highest BCUT2D eigenvalue weighted by Crippen LogP contribution is 2.19. The Bertz CT molecular complexity index is 910. The van der Waals surface area contributed by atoms with Crippen LogP contribution in [-0.4, -0.2) is 35.6 Å². The van der Waals surface area contributed by atoms with Crippen molar-refractivity contribution in [1.82, 2.24) is 0 Å². The van der Waals surface area contributed by atoms with E-state index in [-0.39, 0.29) is 0 Å². The molecule has 0 aliphatic heterocycles. The van der Waals surface area contributed by atoms with Crippen molar-refractivity contribution >= 4 is 45.4 Å². The molecule has 0 aliphatic carbocycles. The van der Waals surface area contributed by atoms with Gasteiger partial charge in [-0.05, 0) is 53.7 Å². The first-order valence-electron chi connectivity index (χ1n) is 9.55. The van der Waals surface area contributed by atoms with E-state index < -0.39 is 7.38 Å². The Labute approximate surface area is 175 Å². The van der Waals surface area contributed by atoms with Gasteiger partial charge < -0.3 is 9.80 Å². The van der Waals surface area contributed by atoms with E-state index in [2.05, 4.69) is 119 Å². The Balaban J connectivity index is 2.31. The number of hydrogen-bond donors (Lipinski definition) is 0. The number of anilines is 2. The topological polar surface area (TPSA) is 6.48 Å². The highest BCUT2D eigenvalue weighted by molar-refractivity contribution is 7.40. The third kappa shape index (κ3) is 3.96. The second kappa shape index (κ2) is 8.02. The van der Waals surface area contributed by atoms with Gasteiger partial charge in [-0.15, -0.1) is 11.1 Å². The smallest absolute Gasteiger partial charge is 0.248 e. The molecule has 0 saturated heterocycles. The van der Waals surface area contributed by atoms with Gasteiger partial charge in [-0.25, -0.2) is 0 Å². The molecule has 0 heterocycles. The lowest BCUT2D eigenvalue weighted by Crippen LogP contribution is -2.63. The van der Waals surface area contributed by atoms with Crippen molar-refractivity contribution in [3.05, 3.63) is 77.9 Å². The maximum atomic E-state index is 7.71. The fraction of sp³-hybridized carbons (Fsp3) is 0.250. The number of nitrogens with zero attached hydrogens (tertiary/aromatic N) is 2. The first-order valence-corrected chi connectivity index (χ1v) is 12.6. The lowest BCUT2D eigenvalue weighted by Gasteiger charge is -2.29. The molecule has 3 aromatic carbocycles. The number of hydrogen-bond acceptors (Lipinski definition) is 2. The Kier molecular flexibility index (Phi) is 5.87. The summed E-state index contributed by atoms with van der Waals surface area (Å²) in [5.41, 5.74) is 4.84. The molecule has 0 atom stereocenters. The molecule has 3 aromatic rings. The molecular weight excluding hydrogens is 380 g/mol. The SMILES string of the molecule is Cc1cc(C)cc([Si](Cl)(c2cccc(N(C)C)c2)c2cccc(N(C)C)c2)c1. The van der Waals surface area contributed by atoms with Gasteiger partial charge in [0.2, 0.25) is 7.38 Å². The first-order chi connectivity index (χ1) is 13.2. The van der Waals surface area contributed by atoms with Crippen molar-refractivity contribution < 1.29 is 0 Å². The van der Waals surface area contributed by atoms with Crippen molar-refractivity contribution in [1.29, 1.82) is 0 Å². The van der Waals surface area contributed by atoms with Gasteiger partial charge in [0, 0.05) is 39.6 Å². The maximum Gasteiger partial charge on any atom is 0.248 e. The highest BCUT2D eigenvalue weighted by atomic mass is 35.6. The third-order valence-corrected chi connectivity index (χ3v) is 10.4. The summed E-state index contributed by atoms with van der Waals surface area (Å²) >= 11 is 7.71. The van der Waals surface area contributed by atoms with Crippen molar-refractivity contribution in [3.8, 4) is 0 Å². The van der Waals surface area contributed by atoms with Crippen molar-refractivity contribution in [2.75, 3.05) is 38.0 Å². The average molecular weight is 409 g/mol. The van der Waals surface area contributed by atoms with Gasteiger partial charge in [0.25, 0.3) is 0 Å². The minimum Gasteiger partial charge on any atom is -0.378 e. The number of benzene rings is 3. The fourth-order valence-corrected chi connectivity index (χ4v) is 7.90. The lowest BCUT2D eigenvalue weighted by molar-refractivity contribution is 1.13. The van der Waals surface area contributed by atoms with E-state index in [1.54, 1.807) is 0 Å². The summed E-state index contributed by atoms with van der Waals surface area (Å²) in [6.07, 6.45) is 0. The van der Waals surface area contributed by atoms with Crippen LogP contribution in [0.15, 0.2) is 66.7 Å². The molecule has 0 N–H and O–H groups in total. The van der Waals surface area contributed by atoms with E-state index in [0.29, 0.717) is 0 Å². The van der Waals surface area contributed by atoms with E-state index in [4.69, 9.17) is 11.1 Å². The van der Waals surface area contributed by atoms with E-state index in [1.807, 2.05) is 0 Å². The molecule has 3 rings (SSSR count). The van der Waals surface area contributed by atoms with Crippen LogP contribution in [0.2, 0.25) is 0 Å². The van der Waals surface area contributed by atoms with Crippen LogP contribution in [0.25, 0.3) is 0 Å². The molecule has 0 fully saturated rings. The zero-order valence-electron chi connectivity index (χ0n) is 17.6. The quantitative estimate of drug-likeness (QED) is 0.361. The van der Waals surface area contributed by atoms with Crippen molar-refractivity contribution in [2.24, 2.45) is 0 Å². The minimum atomic E-state index is -2.68. The summed E-state index contributed by atoms with van der Waals surface area (Å²) in [7, 11) is 5.60. The molecule has 0 radical (unpaired) electrons. The van der Waals surface area contributed by atoms with Crippen LogP contribution in [0.5, 0.6) is 0 Å². The predicted octanol–water partition coefficient (Wildman–Crippen LogP) is 3.64. The summed E-state index contributed by atoms with van der Waals surface area (Å²) in [4.78, 5) is 4.26. The molecule has 2 nitrogen and oxygen atoms in total. The summed E-state index contributed by atoms with van der Waals surface area (Å²) in [5, 5.41) is 3.65. The normalized spacial score (nSPS) is 11.4. The zero-order valence-corrected chi connectivity index (χ0v) is 19.4. The number of halogens is 1. The average Bonchev–Trinajstić information content (AvgIpc) is 2.66. The van der Waals surface area contributed by atoms with E-state index >= 15 is 0 Å². The summed E-state index contributed by atoms with van der Waals surface area (Å²) in [6.45, 7) is 4.30. The van der Waals surface area contributed by atoms with Gasteiger partial charge in [-0.3, -0.25) is 0 Å². The molecule has 0 saturated carbocycles. The fourth-order valence-electron chi connectivity index (χ4n) is 3.67. The van der Waals surface area contributed by atoms with Crippen LogP contribution >= 0.6 is 11.1 Å². The largest absolute Gasteiger partial charge is 0.378 e. The van der Waals surface area contributed by atoms with Gasteiger partial charge >= 0.3 is 0 Å². The first kappa shape index (κ1) is 20.5. The molecule has 146 valence electrons. The van der Waals surface area contributed by atoms with Crippen molar-refractivity contribution in [2.45, 2.75) is 13.8 Å². The minimum absolute atomic E-state index is 1.17. The molecule has 0 unspecified atom stereocenters. The van der Waals surface area contributed by atoms with Crippen LogP contribution in [0.1, 0.15) is 11.1 Å². The molecule has 0 aromatic heterocycles. The Morgan fingerprint density at radius 1 is 0.607 bits per heavy atom. The molecule has 4 heteroatoms. The Morgan fingerprint density at radius 3 is 1.43 bits per heavy atom. The van der Waals surface area contributed by atoms with Crippen LogP contribution in [-0.2, 0) is 0 Å². The van der Waals surface area contributed by atoms with E-state index in [1.165, 1.54) is 38.1 Å². The highest BCUT2D eigenvalue weighted by Gasteiger charge is 2.38. The lowest BCUT2D eigenvalue weighted by atomic mass is 10.2. The molecule has 0 spiro atoms. The number of aryl methyl sites for hydroxylation is 2. The van der Waals surface area contributed by atoms with Crippen molar-refractivity contribution in [3.63, 3.8) is 0 Å². The molecule has 0 bridgehead atoms. The molecular formula is C24H29ClN2Si. The second-order valence-electron chi connectivity index (χ2n) is 7.92.